The van der Waals surface area contributed by atoms with E-state index in [1.54, 1.807) is 12.1 Å². The van der Waals surface area contributed by atoms with E-state index in [2.05, 4.69) is 31.6 Å². The Bertz CT molecular complexity index is 831. The van der Waals surface area contributed by atoms with E-state index in [1.807, 2.05) is 25.3 Å². The van der Waals surface area contributed by atoms with Crippen molar-refractivity contribution in [3.05, 3.63) is 59.0 Å². The second-order valence-electron chi connectivity index (χ2n) is 7.64. The zero-order valence-corrected chi connectivity index (χ0v) is 17.4. The second-order valence-corrected chi connectivity index (χ2v) is 8.05. The monoisotopic (exact) mass is 415 g/mol. The molecule has 2 atom stereocenters. The highest BCUT2D eigenvalue weighted by molar-refractivity contribution is 6.31. The summed E-state index contributed by atoms with van der Waals surface area (Å²) in [5.74, 6) is 1.71. The number of hydrogen-bond donors (Lipinski definition) is 2. The highest BCUT2D eigenvalue weighted by atomic mass is 35.5. The molecule has 2 aliphatic rings. The summed E-state index contributed by atoms with van der Waals surface area (Å²) in [6.45, 7) is 4.64. The van der Waals surface area contributed by atoms with Gasteiger partial charge in [-0.25, -0.2) is 9.37 Å². The van der Waals surface area contributed by atoms with Crippen LogP contribution in [0.3, 0.4) is 0 Å². The maximum atomic E-state index is 14.2. The van der Waals surface area contributed by atoms with Gasteiger partial charge in [-0.15, -0.1) is 0 Å². The normalized spacial score (nSPS) is 22.4. The van der Waals surface area contributed by atoms with Crippen LogP contribution in [0, 0.1) is 5.82 Å². The number of pyridine rings is 1. The van der Waals surface area contributed by atoms with Crippen LogP contribution in [0.2, 0.25) is 5.02 Å². The van der Waals surface area contributed by atoms with Crippen LogP contribution in [-0.4, -0.2) is 42.7 Å². The van der Waals surface area contributed by atoms with Gasteiger partial charge in [0, 0.05) is 54.4 Å². The van der Waals surface area contributed by atoms with Crippen molar-refractivity contribution in [1.29, 1.82) is 0 Å². The summed E-state index contributed by atoms with van der Waals surface area (Å²) < 4.78 is 14.2. The molecule has 2 N–H and O–H groups in total. The number of hydrogen-bond acceptors (Lipinski definition) is 3. The Hall–Kier alpha value is -2.34. The van der Waals surface area contributed by atoms with Gasteiger partial charge in [0.05, 0.1) is 0 Å². The molecule has 0 amide bonds. The van der Waals surface area contributed by atoms with Crippen LogP contribution in [0.25, 0.3) is 0 Å². The smallest absolute Gasteiger partial charge is 0.191 e. The van der Waals surface area contributed by atoms with Crippen molar-refractivity contribution in [2.75, 3.05) is 24.5 Å². The van der Waals surface area contributed by atoms with Crippen molar-refractivity contribution in [3.8, 4) is 0 Å². The highest BCUT2D eigenvalue weighted by Gasteiger charge is 2.42. The Morgan fingerprint density at radius 2 is 2.03 bits per heavy atom. The number of aromatic nitrogens is 1. The first-order chi connectivity index (χ1) is 14.2. The molecule has 1 aliphatic carbocycles. The second kappa shape index (κ2) is 8.99. The van der Waals surface area contributed by atoms with Gasteiger partial charge in [0.1, 0.15) is 11.6 Å². The van der Waals surface area contributed by atoms with Crippen LogP contribution < -0.4 is 15.5 Å². The van der Waals surface area contributed by atoms with Crippen LogP contribution in [0.4, 0.5) is 10.2 Å². The summed E-state index contributed by atoms with van der Waals surface area (Å²) in [5, 5.41) is 7.54. The number of benzene rings is 1. The van der Waals surface area contributed by atoms with Crippen molar-refractivity contribution >= 4 is 23.4 Å². The first kappa shape index (κ1) is 20.0. The van der Waals surface area contributed by atoms with E-state index in [4.69, 9.17) is 11.6 Å². The molecule has 2 heterocycles. The van der Waals surface area contributed by atoms with Crippen molar-refractivity contribution < 1.29 is 4.39 Å². The Kier molecular flexibility index (Phi) is 6.19. The number of rotatable bonds is 5. The maximum absolute atomic E-state index is 14.2. The fourth-order valence-corrected chi connectivity index (χ4v) is 4.30. The van der Waals surface area contributed by atoms with E-state index in [0.29, 0.717) is 23.2 Å². The predicted octanol–water partition coefficient (Wildman–Crippen LogP) is 3.95. The molecule has 1 aromatic heterocycles. The third-order valence-corrected chi connectivity index (χ3v) is 5.94. The van der Waals surface area contributed by atoms with Crippen LogP contribution in [0.5, 0.6) is 0 Å². The summed E-state index contributed by atoms with van der Waals surface area (Å²) in [4.78, 5) is 11.4. The van der Waals surface area contributed by atoms with Crippen molar-refractivity contribution in [2.24, 2.45) is 4.99 Å². The number of guanidine groups is 1. The van der Waals surface area contributed by atoms with E-state index < -0.39 is 0 Å². The zero-order valence-electron chi connectivity index (χ0n) is 16.6. The molecule has 29 heavy (non-hydrogen) atoms. The zero-order chi connectivity index (χ0) is 20.2. The molecule has 1 aliphatic heterocycles. The van der Waals surface area contributed by atoms with Gasteiger partial charge >= 0.3 is 0 Å². The SMILES string of the molecule is CCN=C(NC1CCN(c2ccccn2)CC1)NC1CC1c1c(F)cccc1Cl. The molecule has 7 heteroatoms. The van der Waals surface area contributed by atoms with Gasteiger partial charge in [0.15, 0.2) is 5.96 Å². The lowest BCUT2D eigenvalue weighted by atomic mass is 10.1. The molecule has 2 aromatic rings. The minimum atomic E-state index is -0.226. The summed E-state index contributed by atoms with van der Waals surface area (Å²) in [7, 11) is 0. The molecule has 1 aromatic carbocycles. The number of nitrogens with zero attached hydrogens (tertiary/aromatic N) is 3. The molecular weight excluding hydrogens is 389 g/mol. The van der Waals surface area contributed by atoms with Gasteiger partial charge in [-0.1, -0.05) is 23.7 Å². The highest BCUT2D eigenvalue weighted by Crippen LogP contribution is 2.44. The first-order valence-electron chi connectivity index (χ1n) is 10.3. The fraction of sp³-hybridized carbons (Fsp3) is 0.455. The standard InChI is InChI=1S/C22H27ClFN5/c1-2-25-22(28-19-14-16(19)21-17(23)6-5-7-18(21)24)27-15-9-12-29(13-10-15)20-8-3-4-11-26-20/h3-8,11,15-16,19H,2,9-10,12-14H2,1H3,(H2,25,27,28). The summed E-state index contributed by atoms with van der Waals surface area (Å²) >= 11 is 6.22. The number of aliphatic imine (C=N–C) groups is 1. The minimum absolute atomic E-state index is 0.0959. The lowest BCUT2D eigenvalue weighted by Crippen LogP contribution is -2.49. The average molecular weight is 416 g/mol. The Morgan fingerprint density at radius 3 is 2.72 bits per heavy atom. The van der Waals surface area contributed by atoms with Gasteiger partial charge < -0.3 is 15.5 Å². The van der Waals surface area contributed by atoms with E-state index >= 15 is 0 Å². The molecule has 0 spiro atoms. The molecule has 1 saturated heterocycles. The van der Waals surface area contributed by atoms with Crippen LogP contribution in [0.1, 0.15) is 37.7 Å². The lowest BCUT2D eigenvalue weighted by Gasteiger charge is -2.33. The molecule has 1 saturated carbocycles. The Labute approximate surface area is 176 Å². The van der Waals surface area contributed by atoms with Gasteiger partial charge in [0.2, 0.25) is 0 Å². The molecule has 5 nitrogen and oxygen atoms in total. The topological polar surface area (TPSA) is 52.6 Å². The van der Waals surface area contributed by atoms with E-state index in [9.17, 15) is 4.39 Å². The minimum Gasteiger partial charge on any atom is -0.356 e. The van der Waals surface area contributed by atoms with Gasteiger partial charge in [-0.05, 0) is 50.5 Å². The number of anilines is 1. The summed E-state index contributed by atoms with van der Waals surface area (Å²) in [6.07, 6.45) is 4.75. The number of piperidine rings is 1. The van der Waals surface area contributed by atoms with Gasteiger partial charge in [-0.2, -0.15) is 0 Å². The van der Waals surface area contributed by atoms with E-state index in [0.717, 1.165) is 44.1 Å². The molecule has 154 valence electrons. The summed E-state index contributed by atoms with van der Waals surface area (Å²) in [5.41, 5.74) is 0.617. The first-order valence-corrected chi connectivity index (χ1v) is 10.7. The van der Waals surface area contributed by atoms with Crippen LogP contribution >= 0.6 is 11.6 Å². The fourth-order valence-electron chi connectivity index (χ4n) is 3.99. The van der Waals surface area contributed by atoms with Crippen molar-refractivity contribution in [2.45, 2.75) is 44.2 Å². The number of halogens is 2. The third kappa shape index (κ3) is 4.81. The number of nitrogens with one attached hydrogen (secondary N) is 2. The molecule has 0 bridgehead atoms. The van der Waals surface area contributed by atoms with Crippen LogP contribution in [-0.2, 0) is 0 Å². The van der Waals surface area contributed by atoms with Crippen molar-refractivity contribution in [1.82, 2.24) is 15.6 Å². The van der Waals surface area contributed by atoms with E-state index in [-0.39, 0.29) is 17.8 Å². The maximum Gasteiger partial charge on any atom is 0.191 e. The summed E-state index contributed by atoms with van der Waals surface area (Å²) in [6, 6.07) is 11.4. The lowest BCUT2D eigenvalue weighted by molar-refractivity contribution is 0.459. The molecular formula is C22H27ClFN5. The Morgan fingerprint density at radius 1 is 1.21 bits per heavy atom. The molecule has 4 rings (SSSR count). The average Bonchev–Trinajstić information content (AvgIpc) is 3.48. The van der Waals surface area contributed by atoms with Crippen LogP contribution in [0.15, 0.2) is 47.6 Å². The molecule has 2 unspecified atom stereocenters. The quantitative estimate of drug-likeness (QED) is 0.573. The Balaban J connectivity index is 1.31. The van der Waals surface area contributed by atoms with Gasteiger partial charge in [-0.3, -0.25) is 4.99 Å². The molecule has 0 radical (unpaired) electrons. The van der Waals surface area contributed by atoms with Crippen molar-refractivity contribution in [3.63, 3.8) is 0 Å². The van der Waals surface area contributed by atoms with E-state index in [1.165, 1.54) is 6.07 Å². The van der Waals surface area contributed by atoms with Gasteiger partial charge in [0.25, 0.3) is 0 Å². The largest absolute Gasteiger partial charge is 0.356 e. The predicted molar refractivity (Wildman–Crippen MR) is 116 cm³/mol. The molecule has 2 fully saturated rings. The third-order valence-electron chi connectivity index (χ3n) is 5.61.